The average Bonchev–Trinajstić information content (AvgIpc) is 2.42. The maximum Gasteiger partial charge on any atom is 0.407 e. The van der Waals surface area contributed by atoms with Gasteiger partial charge in [-0.15, -0.1) is 0 Å². The van der Waals surface area contributed by atoms with Crippen LogP contribution in [0.2, 0.25) is 0 Å². The Bertz CT molecular complexity index is 582. The molecule has 1 aromatic carbocycles. The molecule has 0 saturated heterocycles. The van der Waals surface area contributed by atoms with Crippen molar-refractivity contribution in [1.29, 1.82) is 0 Å². The molecule has 1 rings (SSSR count). The van der Waals surface area contributed by atoms with E-state index in [0.717, 1.165) is 0 Å². The van der Waals surface area contributed by atoms with Gasteiger partial charge in [-0.05, 0) is 33.3 Å². The fraction of sp³-hybridized carbons (Fsp3) is 0.533. The molecule has 8 nitrogen and oxygen atoms in total. The van der Waals surface area contributed by atoms with Gasteiger partial charge in [0.05, 0.1) is 4.92 Å². The highest BCUT2D eigenvalue weighted by atomic mass is 16.6. The molecule has 23 heavy (non-hydrogen) atoms. The molecule has 2 unspecified atom stereocenters. The van der Waals surface area contributed by atoms with E-state index in [1.807, 2.05) is 0 Å². The number of nitro benzene ring substituents is 1. The Kier molecular flexibility index (Phi) is 6.05. The highest BCUT2D eigenvalue weighted by Crippen LogP contribution is 2.27. The van der Waals surface area contributed by atoms with Gasteiger partial charge in [0, 0.05) is 18.2 Å². The van der Waals surface area contributed by atoms with E-state index in [4.69, 9.17) is 4.74 Å². The Morgan fingerprint density at radius 1 is 1.39 bits per heavy atom. The molecule has 0 bridgehead atoms. The van der Waals surface area contributed by atoms with Gasteiger partial charge in [-0.2, -0.15) is 0 Å². The van der Waals surface area contributed by atoms with Crippen LogP contribution in [0.25, 0.3) is 0 Å². The van der Waals surface area contributed by atoms with Crippen LogP contribution in [-0.4, -0.2) is 39.5 Å². The molecule has 0 aliphatic rings. The van der Waals surface area contributed by atoms with Crippen LogP contribution >= 0.6 is 0 Å². The van der Waals surface area contributed by atoms with Crippen LogP contribution in [0, 0.1) is 17.0 Å². The first-order chi connectivity index (χ1) is 10.5. The van der Waals surface area contributed by atoms with Gasteiger partial charge in [0.15, 0.2) is 0 Å². The van der Waals surface area contributed by atoms with Crippen LogP contribution in [0.4, 0.5) is 10.5 Å². The number of carbonyl (C=O) groups excluding carboxylic acids is 1. The predicted octanol–water partition coefficient (Wildman–Crippen LogP) is 1.82. The van der Waals surface area contributed by atoms with Gasteiger partial charge in [0.25, 0.3) is 5.69 Å². The molecule has 0 aromatic heterocycles. The van der Waals surface area contributed by atoms with Gasteiger partial charge in [-0.25, -0.2) is 4.79 Å². The van der Waals surface area contributed by atoms with Crippen molar-refractivity contribution in [3.05, 3.63) is 39.4 Å². The minimum atomic E-state index is -1.37. The zero-order valence-electron chi connectivity index (χ0n) is 13.6. The number of ether oxygens (including phenoxy) is 1. The maximum absolute atomic E-state index is 11.5. The Balaban J connectivity index is 2.74. The van der Waals surface area contributed by atoms with E-state index in [2.05, 4.69) is 5.32 Å². The lowest BCUT2D eigenvalue weighted by molar-refractivity contribution is -0.385. The van der Waals surface area contributed by atoms with Gasteiger partial charge in [-0.1, -0.05) is 12.1 Å². The topological polar surface area (TPSA) is 122 Å². The molecular weight excluding hydrogens is 304 g/mol. The summed E-state index contributed by atoms with van der Waals surface area (Å²) in [6.07, 6.45) is -3.42. The summed E-state index contributed by atoms with van der Waals surface area (Å²) in [7, 11) is 0. The van der Waals surface area contributed by atoms with Gasteiger partial charge < -0.3 is 20.3 Å². The smallest absolute Gasteiger partial charge is 0.407 e. The van der Waals surface area contributed by atoms with Crippen molar-refractivity contribution in [2.24, 2.45) is 0 Å². The third-order valence-electron chi connectivity index (χ3n) is 3.08. The van der Waals surface area contributed by atoms with Crippen LogP contribution < -0.4 is 5.32 Å². The van der Waals surface area contributed by atoms with Crippen molar-refractivity contribution >= 4 is 11.8 Å². The molecule has 0 radical (unpaired) electrons. The molecular formula is C15H22N2O6. The lowest BCUT2D eigenvalue weighted by Crippen LogP contribution is -2.39. The number of nitro groups is 1. The number of nitrogens with zero attached hydrogens (tertiary/aromatic N) is 1. The molecule has 0 spiro atoms. The van der Waals surface area contributed by atoms with Crippen LogP contribution in [0.1, 0.15) is 38.0 Å². The van der Waals surface area contributed by atoms with Crippen LogP contribution in [-0.2, 0) is 4.74 Å². The van der Waals surface area contributed by atoms with E-state index in [1.54, 1.807) is 20.8 Å². The molecule has 0 fully saturated rings. The maximum atomic E-state index is 11.5. The van der Waals surface area contributed by atoms with E-state index >= 15 is 0 Å². The molecule has 8 heteroatoms. The first-order valence-corrected chi connectivity index (χ1v) is 7.10. The summed E-state index contributed by atoms with van der Waals surface area (Å²) in [4.78, 5) is 21.9. The predicted molar refractivity (Wildman–Crippen MR) is 83.0 cm³/mol. The standard InChI is InChI=1S/C15H22N2O6/c1-9-10(6-5-7-11(9)17(21)22)13(19)12(18)8-16-14(20)23-15(2,3)4/h5-7,12-13,18-19H,8H2,1-4H3,(H,16,20). The SMILES string of the molecule is Cc1c(C(O)C(O)CNC(=O)OC(C)(C)C)cccc1[N+](=O)[O-]. The number of aliphatic hydroxyl groups is 2. The third-order valence-corrected chi connectivity index (χ3v) is 3.08. The number of carbonyl (C=O) groups is 1. The van der Waals surface area contributed by atoms with Crippen LogP contribution in [0.5, 0.6) is 0 Å². The number of alkyl carbamates (subject to hydrolysis) is 1. The van der Waals surface area contributed by atoms with Crippen LogP contribution in [0.3, 0.4) is 0 Å². The van der Waals surface area contributed by atoms with Crippen molar-refractivity contribution in [2.45, 2.75) is 45.5 Å². The summed E-state index contributed by atoms with van der Waals surface area (Å²) in [6, 6.07) is 4.23. The van der Waals surface area contributed by atoms with Crippen LogP contribution in [0.15, 0.2) is 18.2 Å². The second kappa shape index (κ2) is 7.38. The zero-order chi connectivity index (χ0) is 17.8. The number of rotatable bonds is 5. The summed E-state index contributed by atoms with van der Waals surface area (Å²) in [5, 5.41) is 33.4. The third kappa shape index (κ3) is 5.50. The Morgan fingerprint density at radius 2 is 2.00 bits per heavy atom. The van der Waals surface area contributed by atoms with E-state index in [1.165, 1.54) is 25.1 Å². The Morgan fingerprint density at radius 3 is 2.52 bits per heavy atom. The van der Waals surface area contributed by atoms with E-state index in [9.17, 15) is 25.1 Å². The summed E-state index contributed by atoms with van der Waals surface area (Å²) in [6.45, 7) is 6.34. The molecule has 1 amide bonds. The highest BCUT2D eigenvalue weighted by molar-refractivity contribution is 5.67. The second-order valence-corrected chi connectivity index (χ2v) is 6.14. The molecule has 0 heterocycles. The molecule has 0 saturated carbocycles. The normalized spacial score (nSPS) is 14.0. The van der Waals surface area contributed by atoms with Crippen molar-refractivity contribution in [3.63, 3.8) is 0 Å². The number of amides is 1. The average molecular weight is 326 g/mol. The van der Waals surface area contributed by atoms with E-state index in [-0.39, 0.29) is 23.4 Å². The first kappa shape index (κ1) is 18.9. The number of hydrogen-bond donors (Lipinski definition) is 3. The second-order valence-electron chi connectivity index (χ2n) is 6.14. The van der Waals surface area contributed by atoms with Gasteiger partial charge >= 0.3 is 6.09 Å². The molecule has 128 valence electrons. The fourth-order valence-electron chi connectivity index (χ4n) is 1.98. The van der Waals surface area contributed by atoms with Gasteiger partial charge in [0.2, 0.25) is 0 Å². The summed E-state index contributed by atoms with van der Waals surface area (Å²) in [5.41, 5.74) is -0.322. The fourth-order valence-corrected chi connectivity index (χ4v) is 1.98. The number of aliphatic hydroxyl groups excluding tert-OH is 2. The molecule has 2 atom stereocenters. The largest absolute Gasteiger partial charge is 0.444 e. The Hall–Kier alpha value is -2.19. The minimum Gasteiger partial charge on any atom is -0.444 e. The van der Waals surface area contributed by atoms with Gasteiger partial charge in [0.1, 0.15) is 17.8 Å². The summed E-state index contributed by atoms with van der Waals surface area (Å²) in [5.74, 6) is 0. The lowest BCUT2D eigenvalue weighted by Gasteiger charge is -2.22. The Labute approximate surface area is 134 Å². The number of nitrogens with one attached hydrogen (secondary N) is 1. The monoisotopic (exact) mass is 326 g/mol. The van der Waals surface area contributed by atoms with Crippen molar-refractivity contribution in [1.82, 2.24) is 5.32 Å². The minimum absolute atomic E-state index is 0.145. The van der Waals surface area contributed by atoms with Gasteiger partial charge in [-0.3, -0.25) is 10.1 Å². The molecule has 3 N–H and O–H groups in total. The number of hydrogen-bond acceptors (Lipinski definition) is 6. The van der Waals surface area contributed by atoms with Crippen molar-refractivity contribution in [2.75, 3.05) is 6.54 Å². The molecule has 1 aromatic rings. The summed E-state index contributed by atoms with van der Waals surface area (Å²) >= 11 is 0. The molecule has 0 aliphatic carbocycles. The van der Waals surface area contributed by atoms with E-state index in [0.29, 0.717) is 0 Å². The zero-order valence-corrected chi connectivity index (χ0v) is 13.6. The summed E-state index contributed by atoms with van der Waals surface area (Å²) < 4.78 is 5.02. The van der Waals surface area contributed by atoms with Crippen molar-refractivity contribution in [3.8, 4) is 0 Å². The number of benzene rings is 1. The quantitative estimate of drug-likeness (QED) is 0.560. The van der Waals surface area contributed by atoms with Crippen molar-refractivity contribution < 1.29 is 24.7 Å². The lowest BCUT2D eigenvalue weighted by atomic mass is 9.98. The molecule has 0 aliphatic heterocycles. The van der Waals surface area contributed by atoms with E-state index < -0.39 is 28.8 Å². The first-order valence-electron chi connectivity index (χ1n) is 7.10. The highest BCUT2D eigenvalue weighted by Gasteiger charge is 2.25.